The molecule has 0 radical (unpaired) electrons. The second kappa shape index (κ2) is 4.89. The molecular formula is C10H16N4O2S. The number of hydrogen-bond acceptors (Lipinski definition) is 6. The molecule has 1 atom stereocenters. The van der Waals surface area contributed by atoms with Gasteiger partial charge in [0.25, 0.3) is 5.91 Å². The summed E-state index contributed by atoms with van der Waals surface area (Å²) < 4.78 is 5.27. The van der Waals surface area contributed by atoms with Gasteiger partial charge in [-0.05, 0) is 6.42 Å². The maximum atomic E-state index is 12.2. The first-order valence-electron chi connectivity index (χ1n) is 5.42. The van der Waals surface area contributed by atoms with Crippen LogP contribution >= 0.6 is 11.3 Å². The van der Waals surface area contributed by atoms with Gasteiger partial charge in [0.1, 0.15) is 10.7 Å². The number of nitrogen functional groups attached to an aromatic ring is 1. The van der Waals surface area contributed by atoms with Crippen molar-refractivity contribution in [2.45, 2.75) is 12.5 Å². The van der Waals surface area contributed by atoms with Crippen molar-refractivity contribution < 1.29 is 9.53 Å². The van der Waals surface area contributed by atoms with E-state index in [1.807, 2.05) is 0 Å². The highest BCUT2D eigenvalue weighted by molar-refractivity contribution is 7.18. The summed E-state index contributed by atoms with van der Waals surface area (Å²) >= 11 is 1.28. The molecule has 0 aromatic carbocycles. The van der Waals surface area contributed by atoms with E-state index in [1.54, 1.807) is 19.0 Å². The summed E-state index contributed by atoms with van der Waals surface area (Å²) in [6.45, 7) is 1.31. The van der Waals surface area contributed by atoms with Crippen LogP contribution in [0.1, 0.15) is 16.1 Å². The molecule has 7 heteroatoms. The number of carbonyl (C=O) groups is 1. The maximum Gasteiger partial charge on any atom is 0.267 e. The molecular weight excluding hydrogens is 240 g/mol. The van der Waals surface area contributed by atoms with Crippen LogP contribution in [0.15, 0.2) is 0 Å². The van der Waals surface area contributed by atoms with Crippen LogP contribution in [-0.4, -0.2) is 49.1 Å². The van der Waals surface area contributed by atoms with E-state index in [-0.39, 0.29) is 17.8 Å². The summed E-state index contributed by atoms with van der Waals surface area (Å²) in [6, 6.07) is 0.141. The Kier molecular flexibility index (Phi) is 3.49. The minimum Gasteiger partial charge on any atom is -0.382 e. The van der Waals surface area contributed by atoms with Crippen LogP contribution in [0.25, 0.3) is 0 Å². The Morgan fingerprint density at radius 2 is 2.47 bits per heavy atom. The molecule has 1 unspecified atom stereocenters. The summed E-state index contributed by atoms with van der Waals surface area (Å²) in [7, 11) is 3.53. The standard InChI is InChI=1S/C10H16N4O2S/c1-12-10-13-8(11)7(17-10)9(15)14(2)6-3-4-16-5-6/h6H,3-5,11H2,1-2H3,(H,12,13). The molecule has 1 aliphatic rings. The van der Waals surface area contributed by atoms with Crippen molar-refractivity contribution in [3.05, 3.63) is 4.88 Å². The van der Waals surface area contributed by atoms with Crippen LogP contribution in [-0.2, 0) is 4.74 Å². The summed E-state index contributed by atoms with van der Waals surface area (Å²) in [5.41, 5.74) is 5.73. The van der Waals surface area contributed by atoms with E-state index >= 15 is 0 Å². The van der Waals surface area contributed by atoms with Crippen LogP contribution in [0.4, 0.5) is 10.9 Å². The van der Waals surface area contributed by atoms with E-state index in [2.05, 4.69) is 10.3 Å². The third-order valence-corrected chi connectivity index (χ3v) is 3.91. The van der Waals surface area contributed by atoms with E-state index in [1.165, 1.54) is 11.3 Å². The Balaban J connectivity index is 2.14. The van der Waals surface area contributed by atoms with Gasteiger partial charge in [-0.25, -0.2) is 4.98 Å². The van der Waals surface area contributed by atoms with E-state index in [4.69, 9.17) is 10.5 Å². The summed E-state index contributed by atoms with van der Waals surface area (Å²) in [5, 5.41) is 3.54. The second-order valence-electron chi connectivity index (χ2n) is 3.92. The molecule has 2 heterocycles. The molecule has 1 aromatic heterocycles. The van der Waals surface area contributed by atoms with Gasteiger partial charge in [0.2, 0.25) is 0 Å². The topological polar surface area (TPSA) is 80.5 Å². The lowest BCUT2D eigenvalue weighted by Gasteiger charge is -2.22. The lowest BCUT2D eigenvalue weighted by atomic mass is 10.2. The summed E-state index contributed by atoms with van der Waals surface area (Å²) in [4.78, 5) is 18.5. The molecule has 0 spiro atoms. The third kappa shape index (κ3) is 2.34. The van der Waals surface area contributed by atoms with Gasteiger partial charge in [0.05, 0.1) is 12.6 Å². The number of nitrogens with two attached hydrogens (primary N) is 1. The van der Waals surface area contributed by atoms with Crippen molar-refractivity contribution in [2.75, 3.05) is 38.4 Å². The second-order valence-corrected chi connectivity index (χ2v) is 4.92. The van der Waals surface area contributed by atoms with Gasteiger partial charge in [0.15, 0.2) is 5.13 Å². The quantitative estimate of drug-likeness (QED) is 0.829. The number of carbonyl (C=O) groups excluding carboxylic acids is 1. The van der Waals surface area contributed by atoms with Gasteiger partial charge in [-0.1, -0.05) is 11.3 Å². The molecule has 1 amide bonds. The number of aromatic nitrogens is 1. The van der Waals surface area contributed by atoms with Crippen molar-refractivity contribution in [3.63, 3.8) is 0 Å². The zero-order chi connectivity index (χ0) is 12.4. The molecule has 0 bridgehead atoms. The van der Waals surface area contributed by atoms with Crippen molar-refractivity contribution in [1.82, 2.24) is 9.88 Å². The normalized spacial score (nSPS) is 19.3. The number of hydrogen-bond donors (Lipinski definition) is 2. The molecule has 2 rings (SSSR count). The number of nitrogens with one attached hydrogen (secondary N) is 1. The fourth-order valence-electron chi connectivity index (χ4n) is 1.75. The number of ether oxygens (including phenoxy) is 1. The summed E-state index contributed by atoms with van der Waals surface area (Å²) in [5.74, 6) is 0.201. The molecule has 1 aromatic rings. The van der Waals surface area contributed by atoms with Crippen LogP contribution < -0.4 is 11.1 Å². The van der Waals surface area contributed by atoms with Gasteiger partial charge in [-0.2, -0.15) is 0 Å². The van der Waals surface area contributed by atoms with Crippen LogP contribution in [0, 0.1) is 0 Å². The number of likely N-dealkylation sites (N-methyl/N-ethyl adjacent to an activating group) is 1. The predicted molar refractivity (Wildman–Crippen MR) is 67.4 cm³/mol. The molecule has 17 heavy (non-hydrogen) atoms. The molecule has 1 saturated heterocycles. The zero-order valence-electron chi connectivity index (χ0n) is 9.90. The number of amides is 1. The molecule has 94 valence electrons. The molecule has 6 nitrogen and oxygen atoms in total. The van der Waals surface area contributed by atoms with Gasteiger partial charge < -0.3 is 20.7 Å². The van der Waals surface area contributed by atoms with Crippen LogP contribution in [0.5, 0.6) is 0 Å². The van der Waals surface area contributed by atoms with Crippen molar-refractivity contribution in [3.8, 4) is 0 Å². The molecule has 0 aliphatic carbocycles. The largest absolute Gasteiger partial charge is 0.382 e. The molecule has 3 N–H and O–H groups in total. The van der Waals surface area contributed by atoms with Crippen molar-refractivity contribution in [1.29, 1.82) is 0 Å². The Morgan fingerprint density at radius 3 is 3.00 bits per heavy atom. The van der Waals surface area contributed by atoms with Crippen LogP contribution in [0.2, 0.25) is 0 Å². The highest BCUT2D eigenvalue weighted by Crippen LogP contribution is 2.26. The Hall–Kier alpha value is -1.34. The number of rotatable bonds is 3. The highest BCUT2D eigenvalue weighted by atomic mass is 32.1. The smallest absolute Gasteiger partial charge is 0.267 e. The molecule has 1 fully saturated rings. The minimum atomic E-state index is -0.0861. The van der Waals surface area contributed by atoms with E-state index in [0.717, 1.165) is 6.42 Å². The number of nitrogens with zero attached hydrogens (tertiary/aromatic N) is 2. The maximum absolute atomic E-state index is 12.2. The minimum absolute atomic E-state index is 0.0861. The average Bonchev–Trinajstić information content (AvgIpc) is 2.95. The van der Waals surface area contributed by atoms with Crippen molar-refractivity contribution in [2.24, 2.45) is 0 Å². The first-order valence-corrected chi connectivity index (χ1v) is 6.24. The van der Waals surface area contributed by atoms with Crippen molar-refractivity contribution >= 4 is 28.2 Å². The Labute approximate surface area is 104 Å². The van der Waals surface area contributed by atoms with Gasteiger partial charge in [-0.3, -0.25) is 4.79 Å². The SMILES string of the molecule is CNc1nc(N)c(C(=O)N(C)C2CCOC2)s1. The summed E-state index contributed by atoms with van der Waals surface area (Å²) in [6.07, 6.45) is 0.875. The van der Waals surface area contributed by atoms with Crippen LogP contribution in [0.3, 0.4) is 0 Å². The fourth-order valence-corrected chi connectivity index (χ4v) is 2.57. The molecule has 1 aliphatic heterocycles. The van der Waals surface area contributed by atoms with E-state index in [0.29, 0.717) is 23.2 Å². The highest BCUT2D eigenvalue weighted by Gasteiger charge is 2.27. The Bertz CT molecular complexity index is 414. The third-order valence-electron chi connectivity index (χ3n) is 2.84. The monoisotopic (exact) mass is 256 g/mol. The average molecular weight is 256 g/mol. The predicted octanol–water partition coefficient (Wildman–Crippen LogP) is 0.628. The lowest BCUT2D eigenvalue weighted by Crippen LogP contribution is -2.37. The van der Waals surface area contributed by atoms with E-state index in [9.17, 15) is 4.79 Å². The first-order chi connectivity index (χ1) is 8.13. The number of thiazole rings is 1. The van der Waals surface area contributed by atoms with Gasteiger partial charge in [-0.15, -0.1) is 0 Å². The van der Waals surface area contributed by atoms with E-state index < -0.39 is 0 Å². The zero-order valence-corrected chi connectivity index (χ0v) is 10.7. The molecule has 0 saturated carbocycles. The fraction of sp³-hybridized carbons (Fsp3) is 0.600. The number of anilines is 2. The van der Waals surface area contributed by atoms with Gasteiger partial charge in [0, 0.05) is 20.7 Å². The Morgan fingerprint density at radius 1 is 1.71 bits per heavy atom. The first kappa shape index (κ1) is 12.1. The van der Waals surface area contributed by atoms with Gasteiger partial charge >= 0.3 is 0 Å². The lowest BCUT2D eigenvalue weighted by molar-refractivity contribution is 0.0717.